The van der Waals surface area contributed by atoms with Crippen LogP contribution in [0.2, 0.25) is 0 Å². The molecule has 0 aliphatic rings. The summed E-state index contributed by atoms with van der Waals surface area (Å²) < 4.78 is 19.6. The van der Waals surface area contributed by atoms with Gasteiger partial charge in [0.1, 0.15) is 23.9 Å². The molecular formula is C40H49N2O5+. The van der Waals surface area contributed by atoms with E-state index in [4.69, 9.17) is 14.2 Å². The predicted octanol–water partition coefficient (Wildman–Crippen LogP) is 8.12. The third-order valence-corrected chi connectivity index (χ3v) is 8.44. The summed E-state index contributed by atoms with van der Waals surface area (Å²) in [6, 6.07) is 22.1. The van der Waals surface area contributed by atoms with Crippen molar-refractivity contribution in [2.24, 2.45) is 0 Å². The van der Waals surface area contributed by atoms with Crippen molar-refractivity contribution in [3.05, 3.63) is 113 Å². The quantitative estimate of drug-likeness (QED) is 0.0361. The van der Waals surface area contributed by atoms with E-state index in [0.29, 0.717) is 42.4 Å². The highest BCUT2D eigenvalue weighted by molar-refractivity contribution is 5.98. The van der Waals surface area contributed by atoms with E-state index < -0.39 is 5.97 Å². The van der Waals surface area contributed by atoms with Crippen molar-refractivity contribution in [2.75, 3.05) is 32.2 Å². The second-order valence-corrected chi connectivity index (χ2v) is 12.2. The minimum atomic E-state index is -0.446. The van der Waals surface area contributed by atoms with Gasteiger partial charge in [-0.25, -0.2) is 9.36 Å². The molecule has 0 radical (unpaired) electrons. The molecule has 0 N–H and O–H groups in total. The molecule has 1 aromatic heterocycles. The molecule has 0 unspecified atom stereocenters. The van der Waals surface area contributed by atoms with Crippen LogP contribution in [0.25, 0.3) is 0 Å². The van der Waals surface area contributed by atoms with Crippen LogP contribution in [0.5, 0.6) is 17.2 Å². The Balaban J connectivity index is 1.24. The zero-order chi connectivity index (χ0) is 33.6. The number of ketones is 1. The molecule has 47 heavy (non-hydrogen) atoms. The molecule has 4 aromatic rings. The second-order valence-electron chi connectivity index (χ2n) is 12.2. The number of aromatic nitrogens is 1. The van der Waals surface area contributed by atoms with E-state index in [0.717, 1.165) is 34.5 Å². The number of Topliss-reactive ketones (excluding diaryl/α,β-unsaturated/α-hetero) is 1. The lowest BCUT2D eigenvalue weighted by atomic mass is 9.96. The van der Waals surface area contributed by atoms with Crippen molar-refractivity contribution in [3.8, 4) is 17.2 Å². The number of carbonyl (C=O) groups is 2. The van der Waals surface area contributed by atoms with E-state index in [2.05, 4.69) is 28.5 Å². The van der Waals surface area contributed by atoms with Gasteiger partial charge in [0.15, 0.2) is 24.7 Å². The Kier molecular flexibility index (Phi) is 13.4. The standard InChI is InChI=1S/C40H49N2O5/c1-6-7-8-9-10-11-27-45-36-17-12-32(13-18-36)38(43)29-34-16-21-39(31(3)30(34)2)47-40(44)33-14-19-37(20-15-33)46-28-26-42-24-22-35(23-25-42)41(4)5/h12-25H,6-11,26-29H2,1-5H3/q+1. The SMILES string of the molecule is CCCCCCCCOc1ccc(C(=O)Cc2ccc(OC(=O)c3ccc(OCC[n+]4ccc(N(C)C)cc4)cc3)c(C)c2C)cc1. The van der Waals surface area contributed by atoms with Crippen molar-refractivity contribution in [1.82, 2.24) is 0 Å². The number of benzene rings is 3. The number of hydrogen-bond donors (Lipinski definition) is 0. The number of rotatable bonds is 18. The third kappa shape index (κ3) is 10.7. The summed E-state index contributed by atoms with van der Waals surface area (Å²) in [5, 5.41) is 0. The van der Waals surface area contributed by atoms with Crippen LogP contribution in [-0.4, -0.2) is 39.1 Å². The molecule has 0 saturated carbocycles. The molecule has 248 valence electrons. The average molecular weight is 638 g/mol. The number of anilines is 1. The number of esters is 1. The molecule has 4 rings (SSSR count). The minimum Gasteiger partial charge on any atom is -0.494 e. The van der Waals surface area contributed by atoms with Gasteiger partial charge in [0.2, 0.25) is 0 Å². The molecular weight excluding hydrogens is 588 g/mol. The third-order valence-electron chi connectivity index (χ3n) is 8.44. The Bertz CT molecular complexity index is 1580. The Labute approximate surface area is 280 Å². The lowest BCUT2D eigenvalue weighted by Gasteiger charge is -2.14. The van der Waals surface area contributed by atoms with Crippen LogP contribution in [0.3, 0.4) is 0 Å². The molecule has 0 bridgehead atoms. The summed E-state index contributed by atoms with van der Waals surface area (Å²) >= 11 is 0. The second kappa shape index (κ2) is 17.9. The molecule has 7 nitrogen and oxygen atoms in total. The van der Waals surface area contributed by atoms with Crippen LogP contribution in [0.15, 0.2) is 85.2 Å². The Morgan fingerprint density at radius 1 is 0.681 bits per heavy atom. The first kappa shape index (κ1) is 35.2. The fraction of sp³-hybridized carbons (Fsp3) is 0.375. The molecule has 0 saturated heterocycles. The Hall–Kier alpha value is -4.65. The van der Waals surface area contributed by atoms with Gasteiger partial charge in [0.05, 0.1) is 12.2 Å². The maximum Gasteiger partial charge on any atom is 0.343 e. The lowest BCUT2D eigenvalue weighted by Crippen LogP contribution is -2.35. The van der Waals surface area contributed by atoms with E-state index in [1.54, 1.807) is 30.3 Å². The molecule has 3 aromatic carbocycles. The molecule has 0 spiro atoms. The molecule has 7 heteroatoms. The molecule has 1 heterocycles. The molecule has 0 amide bonds. The van der Waals surface area contributed by atoms with Crippen LogP contribution >= 0.6 is 0 Å². The van der Waals surface area contributed by atoms with Gasteiger partial charge in [-0.3, -0.25) is 4.79 Å². The zero-order valence-electron chi connectivity index (χ0n) is 28.6. The summed E-state index contributed by atoms with van der Waals surface area (Å²) in [5.41, 5.74) is 4.89. The van der Waals surface area contributed by atoms with Crippen molar-refractivity contribution in [2.45, 2.75) is 72.3 Å². The summed E-state index contributed by atoms with van der Waals surface area (Å²) in [7, 11) is 4.03. The van der Waals surface area contributed by atoms with Gasteiger partial charge in [0.25, 0.3) is 0 Å². The van der Waals surface area contributed by atoms with Gasteiger partial charge >= 0.3 is 5.97 Å². The highest BCUT2D eigenvalue weighted by atomic mass is 16.5. The molecule has 0 fully saturated rings. The Morgan fingerprint density at radius 2 is 1.28 bits per heavy atom. The fourth-order valence-corrected chi connectivity index (χ4v) is 5.25. The van der Waals surface area contributed by atoms with E-state index in [9.17, 15) is 9.59 Å². The van der Waals surface area contributed by atoms with E-state index >= 15 is 0 Å². The van der Waals surface area contributed by atoms with Gasteiger partial charge in [-0.05, 0) is 91.6 Å². The summed E-state index contributed by atoms with van der Waals surface area (Å²) in [6.45, 7) is 7.99. The number of nitrogens with zero attached hydrogens (tertiary/aromatic N) is 2. The average Bonchev–Trinajstić information content (AvgIpc) is 3.08. The largest absolute Gasteiger partial charge is 0.494 e. The molecule has 0 aliphatic heterocycles. The van der Waals surface area contributed by atoms with E-state index in [1.807, 2.05) is 70.7 Å². The number of carbonyl (C=O) groups excluding carboxylic acids is 2. The van der Waals surface area contributed by atoms with Gasteiger partial charge in [-0.15, -0.1) is 0 Å². The first-order valence-electron chi connectivity index (χ1n) is 16.7. The van der Waals surface area contributed by atoms with Crippen LogP contribution < -0.4 is 23.7 Å². The molecule has 0 aliphatic carbocycles. The van der Waals surface area contributed by atoms with E-state index in [1.165, 1.54) is 32.1 Å². The zero-order valence-corrected chi connectivity index (χ0v) is 28.6. The first-order valence-corrected chi connectivity index (χ1v) is 16.7. The fourth-order valence-electron chi connectivity index (χ4n) is 5.25. The van der Waals surface area contributed by atoms with Gasteiger partial charge in [-0.2, -0.15) is 0 Å². The lowest BCUT2D eigenvalue weighted by molar-refractivity contribution is -0.697. The first-order chi connectivity index (χ1) is 22.7. The number of pyridine rings is 1. The predicted molar refractivity (Wildman–Crippen MR) is 187 cm³/mol. The smallest absolute Gasteiger partial charge is 0.343 e. The van der Waals surface area contributed by atoms with Crippen molar-refractivity contribution < 1.29 is 28.4 Å². The monoisotopic (exact) mass is 637 g/mol. The van der Waals surface area contributed by atoms with Crippen molar-refractivity contribution >= 4 is 17.4 Å². The van der Waals surface area contributed by atoms with Crippen LogP contribution in [-0.2, 0) is 13.0 Å². The van der Waals surface area contributed by atoms with Crippen LogP contribution in [0, 0.1) is 13.8 Å². The number of ether oxygens (including phenoxy) is 3. The van der Waals surface area contributed by atoms with Crippen molar-refractivity contribution in [1.29, 1.82) is 0 Å². The topological polar surface area (TPSA) is 68.9 Å². The summed E-state index contributed by atoms with van der Waals surface area (Å²) in [4.78, 5) is 28.1. The van der Waals surface area contributed by atoms with Crippen LogP contribution in [0.1, 0.15) is 82.9 Å². The van der Waals surface area contributed by atoms with Crippen LogP contribution in [0.4, 0.5) is 5.69 Å². The normalized spacial score (nSPS) is 10.8. The van der Waals surface area contributed by atoms with Crippen molar-refractivity contribution in [3.63, 3.8) is 0 Å². The summed E-state index contributed by atoms with van der Waals surface area (Å²) in [6.07, 6.45) is 11.6. The summed E-state index contributed by atoms with van der Waals surface area (Å²) in [5.74, 6) is 1.54. The maximum atomic E-state index is 13.1. The highest BCUT2D eigenvalue weighted by Crippen LogP contribution is 2.27. The van der Waals surface area contributed by atoms with Gasteiger partial charge < -0.3 is 19.1 Å². The number of unbranched alkanes of at least 4 members (excludes halogenated alkanes) is 5. The van der Waals surface area contributed by atoms with Gasteiger partial charge in [0, 0.05) is 43.9 Å². The van der Waals surface area contributed by atoms with Gasteiger partial charge in [-0.1, -0.05) is 45.1 Å². The molecule has 0 atom stereocenters. The maximum absolute atomic E-state index is 13.1. The minimum absolute atomic E-state index is 0.0304. The highest BCUT2D eigenvalue weighted by Gasteiger charge is 2.16. The van der Waals surface area contributed by atoms with E-state index in [-0.39, 0.29) is 12.2 Å². The Morgan fingerprint density at radius 3 is 1.91 bits per heavy atom. The number of hydrogen-bond acceptors (Lipinski definition) is 6.